The van der Waals surface area contributed by atoms with Crippen LogP contribution >= 0.6 is 0 Å². The number of carbonyl (C=O) groups is 1. The van der Waals surface area contributed by atoms with Gasteiger partial charge < -0.3 is 15.3 Å². The lowest BCUT2D eigenvalue weighted by Gasteiger charge is -2.30. The Morgan fingerprint density at radius 1 is 1.38 bits per heavy atom. The summed E-state index contributed by atoms with van der Waals surface area (Å²) in [4.78, 5) is 18.6. The Labute approximate surface area is 127 Å². The van der Waals surface area contributed by atoms with E-state index in [1.165, 1.54) is 0 Å². The molecule has 0 radical (unpaired) electrons. The van der Waals surface area contributed by atoms with Gasteiger partial charge in [0.25, 0.3) is 5.91 Å². The summed E-state index contributed by atoms with van der Waals surface area (Å²) in [5.41, 5.74) is 1.39. The predicted octanol–water partition coefficient (Wildman–Crippen LogP) is 2.53. The highest BCUT2D eigenvalue weighted by molar-refractivity contribution is 5.99. The summed E-state index contributed by atoms with van der Waals surface area (Å²) in [7, 11) is 0. The number of anilines is 1. The third-order valence-electron chi connectivity index (χ3n) is 3.60. The normalized spacial score (nSPS) is 10.7. The van der Waals surface area contributed by atoms with Crippen LogP contribution in [0.4, 0.5) is 5.69 Å². The summed E-state index contributed by atoms with van der Waals surface area (Å²) in [5.74, 6) is -0.0653. The van der Waals surface area contributed by atoms with Gasteiger partial charge in [-0.1, -0.05) is 20.8 Å². The first kappa shape index (κ1) is 17.4. The lowest BCUT2D eigenvalue weighted by atomic mass is 10.1. The quantitative estimate of drug-likeness (QED) is 0.734. The van der Waals surface area contributed by atoms with Crippen molar-refractivity contribution in [3.63, 3.8) is 0 Å². The van der Waals surface area contributed by atoms with Crippen LogP contribution in [0.25, 0.3) is 0 Å². The van der Waals surface area contributed by atoms with Crippen molar-refractivity contribution in [1.82, 2.24) is 9.88 Å². The van der Waals surface area contributed by atoms with Crippen molar-refractivity contribution in [2.24, 2.45) is 0 Å². The molecule has 1 rings (SSSR count). The van der Waals surface area contributed by atoms with Gasteiger partial charge in [0, 0.05) is 31.5 Å². The van der Waals surface area contributed by atoms with Crippen molar-refractivity contribution in [2.75, 3.05) is 25.0 Å². The van der Waals surface area contributed by atoms with Crippen LogP contribution in [0.3, 0.4) is 0 Å². The number of nitrogens with one attached hydrogen (secondary N) is 1. The maximum atomic E-state index is 12.8. The number of aromatic nitrogens is 1. The van der Waals surface area contributed by atoms with E-state index in [0.29, 0.717) is 12.1 Å². The monoisotopic (exact) mass is 293 g/mol. The van der Waals surface area contributed by atoms with E-state index in [9.17, 15) is 9.90 Å². The number of hydrogen-bond acceptors (Lipinski definition) is 4. The maximum Gasteiger partial charge on any atom is 0.257 e. The Kier molecular flexibility index (Phi) is 7.75. The number of nitrogens with zero attached hydrogens (tertiary/aromatic N) is 2. The van der Waals surface area contributed by atoms with Crippen LogP contribution in [-0.2, 0) is 0 Å². The van der Waals surface area contributed by atoms with E-state index in [2.05, 4.69) is 31.1 Å². The molecule has 21 heavy (non-hydrogen) atoms. The second-order valence-electron chi connectivity index (χ2n) is 5.04. The topological polar surface area (TPSA) is 65.5 Å². The van der Waals surface area contributed by atoms with Crippen LogP contribution in [-0.4, -0.2) is 46.6 Å². The molecule has 5 heteroatoms. The highest BCUT2D eigenvalue weighted by Crippen LogP contribution is 2.19. The first-order chi connectivity index (χ1) is 10.2. The van der Waals surface area contributed by atoms with E-state index in [0.717, 1.165) is 31.5 Å². The molecule has 0 saturated carbocycles. The molecule has 0 fully saturated rings. The zero-order valence-electron chi connectivity index (χ0n) is 13.3. The van der Waals surface area contributed by atoms with E-state index in [1.807, 2.05) is 6.07 Å². The molecule has 0 saturated heterocycles. The van der Waals surface area contributed by atoms with E-state index >= 15 is 0 Å². The van der Waals surface area contributed by atoms with Crippen molar-refractivity contribution in [3.05, 3.63) is 24.0 Å². The highest BCUT2D eigenvalue weighted by Gasteiger charge is 2.24. The van der Waals surface area contributed by atoms with Gasteiger partial charge in [-0.25, -0.2) is 0 Å². The minimum atomic E-state index is -0.0653. The molecule has 2 N–H and O–H groups in total. The van der Waals surface area contributed by atoms with E-state index in [-0.39, 0.29) is 18.6 Å². The van der Waals surface area contributed by atoms with Crippen molar-refractivity contribution >= 4 is 11.6 Å². The lowest BCUT2D eigenvalue weighted by Crippen LogP contribution is -2.41. The molecule has 0 bridgehead atoms. The van der Waals surface area contributed by atoms with Gasteiger partial charge in [-0.2, -0.15) is 0 Å². The van der Waals surface area contributed by atoms with Crippen LogP contribution < -0.4 is 5.32 Å². The first-order valence-corrected chi connectivity index (χ1v) is 7.79. The van der Waals surface area contributed by atoms with Crippen LogP contribution in [0.1, 0.15) is 50.4 Å². The molecule has 0 aliphatic rings. The lowest BCUT2D eigenvalue weighted by molar-refractivity contribution is 0.0623. The van der Waals surface area contributed by atoms with E-state index in [1.54, 1.807) is 17.3 Å². The summed E-state index contributed by atoms with van der Waals surface area (Å²) >= 11 is 0. The SMILES string of the molecule is CCCNc1ccncc1C(=O)N(CCO)C(CC)CC. The molecule has 1 aromatic heterocycles. The molecule has 0 atom stereocenters. The summed E-state index contributed by atoms with van der Waals surface area (Å²) < 4.78 is 0. The minimum absolute atomic E-state index is 0.0276. The number of aliphatic hydroxyl groups is 1. The average Bonchev–Trinajstić information content (AvgIpc) is 2.52. The summed E-state index contributed by atoms with van der Waals surface area (Å²) in [6.07, 6.45) is 6.03. The molecule has 5 nitrogen and oxygen atoms in total. The molecular weight excluding hydrogens is 266 g/mol. The molecule has 0 aliphatic carbocycles. The molecule has 0 aliphatic heterocycles. The fourth-order valence-electron chi connectivity index (χ4n) is 2.42. The Hall–Kier alpha value is -1.62. The Balaban J connectivity index is 3.02. The second-order valence-corrected chi connectivity index (χ2v) is 5.04. The molecule has 0 aromatic carbocycles. The number of hydrogen-bond donors (Lipinski definition) is 2. The number of amides is 1. The Bertz CT molecular complexity index is 433. The van der Waals surface area contributed by atoms with Gasteiger partial charge in [0.15, 0.2) is 0 Å². The molecule has 1 aromatic rings. The van der Waals surface area contributed by atoms with E-state index < -0.39 is 0 Å². The van der Waals surface area contributed by atoms with Crippen LogP contribution in [0.2, 0.25) is 0 Å². The summed E-state index contributed by atoms with van der Waals surface area (Å²) in [6, 6.07) is 1.97. The fraction of sp³-hybridized carbons (Fsp3) is 0.625. The smallest absolute Gasteiger partial charge is 0.257 e. The molecule has 1 heterocycles. The van der Waals surface area contributed by atoms with Gasteiger partial charge in [0.2, 0.25) is 0 Å². The van der Waals surface area contributed by atoms with E-state index in [4.69, 9.17) is 0 Å². The standard InChI is InChI=1S/C16H27N3O2/c1-4-8-18-15-7-9-17-12-14(15)16(21)19(10-11-20)13(5-2)6-3/h7,9,12-13,20H,4-6,8,10-11H2,1-3H3,(H,17,18). The van der Waals surface area contributed by atoms with Gasteiger partial charge in [0.05, 0.1) is 17.9 Å². The fourth-order valence-corrected chi connectivity index (χ4v) is 2.42. The predicted molar refractivity (Wildman–Crippen MR) is 85.5 cm³/mol. The zero-order valence-corrected chi connectivity index (χ0v) is 13.3. The number of rotatable bonds is 9. The largest absolute Gasteiger partial charge is 0.395 e. The van der Waals surface area contributed by atoms with Crippen molar-refractivity contribution in [2.45, 2.75) is 46.1 Å². The van der Waals surface area contributed by atoms with Crippen LogP contribution in [0.5, 0.6) is 0 Å². The van der Waals surface area contributed by atoms with Crippen LogP contribution in [0.15, 0.2) is 18.5 Å². The molecule has 1 amide bonds. The zero-order chi connectivity index (χ0) is 15.7. The number of carbonyl (C=O) groups excluding carboxylic acids is 1. The summed E-state index contributed by atoms with van der Waals surface area (Å²) in [5, 5.41) is 12.5. The Morgan fingerprint density at radius 2 is 2.10 bits per heavy atom. The molecule has 0 spiro atoms. The van der Waals surface area contributed by atoms with Gasteiger partial charge in [-0.05, 0) is 25.3 Å². The average molecular weight is 293 g/mol. The highest BCUT2D eigenvalue weighted by atomic mass is 16.3. The second kappa shape index (κ2) is 9.34. The van der Waals surface area contributed by atoms with Crippen LogP contribution in [0, 0.1) is 0 Å². The van der Waals surface area contributed by atoms with Gasteiger partial charge in [0.1, 0.15) is 0 Å². The number of pyridine rings is 1. The van der Waals surface area contributed by atoms with Gasteiger partial charge >= 0.3 is 0 Å². The molecule has 0 unspecified atom stereocenters. The van der Waals surface area contributed by atoms with Crippen molar-refractivity contribution < 1.29 is 9.90 Å². The van der Waals surface area contributed by atoms with Crippen molar-refractivity contribution in [3.8, 4) is 0 Å². The number of aliphatic hydroxyl groups excluding tert-OH is 1. The maximum absolute atomic E-state index is 12.8. The molecular formula is C16H27N3O2. The summed E-state index contributed by atoms with van der Waals surface area (Å²) in [6.45, 7) is 7.34. The third-order valence-corrected chi connectivity index (χ3v) is 3.60. The minimum Gasteiger partial charge on any atom is -0.395 e. The molecule has 118 valence electrons. The van der Waals surface area contributed by atoms with Crippen molar-refractivity contribution in [1.29, 1.82) is 0 Å². The van der Waals surface area contributed by atoms with Gasteiger partial charge in [-0.15, -0.1) is 0 Å². The third kappa shape index (κ3) is 4.70. The van der Waals surface area contributed by atoms with Gasteiger partial charge in [-0.3, -0.25) is 9.78 Å². The Morgan fingerprint density at radius 3 is 2.67 bits per heavy atom. The first-order valence-electron chi connectivity index (χ1n) is 7.79.